The van der Waals surface area contributed by atoms with Crippen molar-refractivity contribution in [2.45, 2.75) is 45.3 Å². The van der Waals surface area contributed by atoms with Gasteiger partial charge in [0.2, 0.25) is 0 Å². The lowest BCUT2D eigenvalue weighted by molar-refractivity contribution is 0.0173. The van der Waals surface area contributed by atoms with Gasteiger partial charge in [-0.05, 0) is 55.6 Å². The van der Waals surface area contributed by atoms with Crippen molar-refractivity contribution in [1.82, 2.24) is 14.5 Å². The Morgan fingerprint density at radius 2 is 2.12 bits per heavy atom. The van der Waals surface area contributed by atoms with Gasteiger partial charge in [-0.2, -0.15) is 0 Å². The Labute approximate surface area is 153 Å². The molecule has 136 valence electrons. The number of likely N-dealkylation sites (tertiary alicyclic amines) is 1. The molecule has 0 radical (unpaired) electrons. The number of benzene rings is 1. The highest BCUT2D eigenvalue weighted by Gasteiger charge is 2.30. The van der Waals surface area contributed by atoms with Crippen molar-refractivity contribution < 1.29 is 13.9 Å². The van der Waals surface area contributed by atoms with Crippen molar-refractivity contribution in [1.29, 1.82) is 0 Å². The number of aromatic amines is 1. The first kappa shape index (κ1) is 18.0. The third kappa shape index (κ3) is 3.73. The summed E-state index contributed by atoms with van der Waals surface area (Å²) in [5, 5.41) is 0. The number of amides is 1. The summed E-state index contributed by atoms with van der Waals surface area (Å²) in [5.74, 6) is -0.431. The van der Waals surface area contributed by atoms with E-state index >= 15 is 0 Å². The van der Waals surface area contributed by atoms with Gasteiger partial charge in [0.25, 0.3) is 0 Å². The number of piperidine rings is 1. The highest BCUT2D eigenvalue weighted by atomic mass is 79.9. The lowest BCUT2D eigenvalue weighted by Gasteiger charge is -2.34. The lowest BCUT2D eigenvalue weighted by atomic mass is 10.1. The van der Waals surface area contributed by atoms with Gasteiger partial charge in [0.1, 0.15) is 11.4 Å². The summed E-state index contributed by atoms with van der Waals surface area (Å²) in [6, 6.07) is 2.71. The molecule has 1 aromatic carbocycles. The number of carbonyl (C=O) groups is 1. The zero-order valence-electron chi connectivity index (χ0n) is 14.4. The molecule has 0 spiro atoms. The number of nitrogens with one attached hydrogen (secondary N) is 1. The van der Waals surface area contributed by atoms with E-state index in [2.05, 4.69) is 20.9 Å². The Hall–Kier alpha value is -1.83. The Kier molecular flexibility index (Phi) is 4.66. The number of fused-ring (bicyclic) bond motifs is 1. The SMILES string of the molecule is CC(C)(C)OC(=O)N1CCC[C@H](n2c(=O)[nH]c3cc(F)c(Br)cc32)C1. The summed E-state index contributed by atoms with van der Waals surface area (Å²) in [7, 11) is 0. The van der Waals surface area contributed by atoms with Crippen LogP contribution in [-0.2, 0) is 4.74 Å². The number of halogens is 2. The molecule has 0 saturated carbocycles. The second-order valence-corrected chi connectivity index (χ2v) is 8.16. The third-order valence-corrected chi connectivity index (χ3v) is 4.78. The van der Waals surface area contributed by atoms with E-state index in [1.165, 1.54) is 6.07 Å². The van der Waals surface area contributed by atoms with Crippen molar-refractivity contribution in [3.05, 3.63) is 32.9 Å². The predicted molar refractivity (Wildman–Crippen MR) is 96.3 cm³/mol. The minimum Gasteiger partial charge on any atom is -0.444 e. The van der Waals surface area contributed by atoms with Crippen LogP contribution in [0.1, 0.15) is 39.7 Å². The Bertz CT molecular complexity index is 868. The molecule has 1 fully saturated rings. The van der Waals surface area contributed by atoms with E-state index in [1.54, 1.807) is 15.5 Å². The summed E-state index contributed by atoms with van der Waals surface area (Å²) < 4.78 is 21.0. The van der Waals surface area contributed by atoms with E-state index < -0.39 is 11.4 Å². The first-order chi connectivity index (χ1) is 11.7. The fourth-order valence-electron chi connectivity index (χ4n) is 3.14. The molecule has 1 aromatic heterocycles. The van der Waals surface area contributed by atoms with Crippen LogP contribution in [0.5, 0.6) is 0 Å². The van der Waals surface area contributed by atoms with Crippen LogP contribution < -0.4 is 5.69 Å². The number of H-pyrrole nitrogens is 1. The summed E-state index contributed by atoms with van der Waals surface area (Å²) in [5.41, 5.74) is 0.197. The van der Waals surface area contributed by atoms with Crippen LogP contribution >= 0.6 is 15.9 Å². The molecular weight excluding hydrogens is 393 g/mol. The van der Waals surface area contributed by atoms with Crippen LogP contribution in [0.4, 0.5) is 9.18 Å². The molecule has 1 aliphatic heterocycles. The molecule has 2 aromatic rings. The number of hydrogen-bond acceptors (Lipinski definition) is 3. The largest absolute Gasteiger partial charge is 0.444 e. The zero-order valence-corrected chi connectivity index (χ0v) is 16.0. The standard InChI is InChI=1S/C17H21BrFN3O3/c1-17(2,3)25-16(24)21-6-4-5-10(9-21)22-14-7-11(18)12(19)8-13(14)20-15(22)23/h7-8,10H,4-6,9H2,1-3H3,(H,20,23)/t10-/m0/s1. The van der Waals surface area contributed by atoms with Crippen molar-refractivity contribution in [3.8, 4) is 0 Å². The topological polar surface area (TPSA) is 67.3 Å². The maximum Gasteiger partial charge on any atom is 0.410 e. The van der Waals surface area contributed by atoms with Gasteiger partial charge in [-0.3, -0.25) is 4.57 Å². The molecule has 0 aliphatic carbocycles. The van der Waals surface area contributed by atoms with Crippen molar-refractivity contribution >= 4 is 33.1 Å². The number of rotatable bonds is 1. The van der Waals surface area contributed by atoms with Gasteiger partial charge in [-0.1, -0.05) is 0 Å². The van der Waals surface area contributed by atoms with Crippen LogP contribution in [0.2, 0.25) is 0 Å². The average Bonchev–Trinajstić information content (AvgIpc) is 2.81. The van der Waals surface area contributed by atoms with Crippen LogP contribution in [0.3, 0.4) is 0 Å². The molecule has 1 atom stereocenters. The van der Waals surface area contributed by atoms with E-state index in [-0.39, 0.29) is 17.8 Å². The number of ether oxygens (including phenoxy) is 1. The molecule has 1 aliphatic rings. The van der Waals surface area contributed by atoms with Crippen LogP contribution in [0, 0.1) is 5.82 Å². The Balaban J connectivity index is 1.90. The molecule has 3 rings (SSSR count). The molecule has 1 N–H and O–H groups in total. The third-order valence-electron chi connectivity index (χ3n) is 4.17. The Morgan fingerprint density at radius 3 is 2.80 bits per heavy atom. The first-order valence-electron chi connectivity index (χ1n) is 8.23. The van der Waals surface area contributed by atoms with Crippen LogP contribution in [-0.4, -0.2) is 39.2 Å². The van der Waals surface area contributed by atoms with Gasteiger partial charge in [0, 0.05) is 19.2 Å². The average molecular weight is 414 g/mol. The van der Waals surface area contributed by atoms with Gasteiger partial charge in [-0.25, -0.2) is 14.0 Å². The van der Waals surface area contributed by atoms with Crippen molar-refractivity contribution in [2.75, 3.05) is 13.1 Å². The number of nitrogens with zero attached hydrogens (tertiary/aromatic N) is 2. The molecular formula is C17H21BrFN3O3. The molecule has 6 nitrogen and oxygen atoms in total. The summed E-state index contributed by atoms with van der Waals surface area (Å²) in [4.78, 5) is 29.0. The summed E-state index contributed by atoms with van der Waals surface area (Å²) in [6.45, 7) is 6.45. The smallest absolute Gasteiger partial charge is 0.410 e. The van der Waals surface area contributed by atoms with E-state index in [1.807, 2.05) is 20.8 Å². The van der Waals surface area contributed by atoms with E-state index in [9.17, 15) is 14.0 Å². The van der Waals surface area contributed by atoms with Crippen LogP contribution in [0.25, 0.3) is 11.0 Å². The summed E-state index contributed by atoms with van der Waals surface area (Å²) in [6.07, 6.45) is 1.16. The minimum absolute atomic E-state index is 0.181. The van der Waals surface area contributed by atoms with Gasteiger partial charge in [-0.15, -0.1) is 0 Å². The van der Waals surface area contributed by atoms with Crippen LogP contribution in [0.15, 0.2) is 21.4 Å². The van der Waals surface area contributed by atoms with Gasteiger partial charge >= 0.3 is 11.8 Å². The van der Waals surface area contributed by atoms with Gasteiger partial charge in [0.05, 0.1) is 21.5 Å². The van der Waals surface area contributed by atoms with E-state index in [4.69, 9.17) is 4.74 Å². The number of imidazole rings is 1. The number of aromatic nitrogens is 2. The molecule has 25 heavy (non-hydrogen) atoms. The van der Waals surface area contributed by atoms with E-state index in [0.29, 0.717) is 28.6 Å². The highest BCUT2D eigenvalue weighted by Crippen LogP contribution is 2.28. The fourth-order valence-corrected chi connectivity index (χ4v) is 3.47. The molecule has 0 bridgehead atoms. The Morgan fingerprint density at radius 1 is 1.40 bits per heavy atom. The second-order valence-electron chi connectivity index (χ2n) is 7.31. The monoisotopic (exact) mass is 413 g/mol. The number of hydrogen-bond donors (Lipinski definition) is 1. The molecule has 1 amide bonds. The maximum absolute atomic E-state index is 13.7. The first-order valence-corrected chi connectivity index (χ1v) is 9.02. The summed E-state index contributed by atoms with van der Waals surface area (Å²) >= 11 is 3.16. The fraction of sp³-hybridized carbons (Fsp3) is 0.529. The zero-order chi connectivity index (χ0) is 18.4. The van der Waals surface area contributed by atoms with Gasteiger partial charge in [0.15, 0.2) is 0 Å². The maximum atomic E-state index is 13.7. The molecule has 0 unspecified atom stereocenters. The number of carbonyl (C=O) groups excluding carboxylic acids is 1. The predicted octanol–water partition coefficient (Wildman–Crippen LogP) is 3.80. The molecule has 8 heteroatoms. The lowest BCUT2D eigenvalue weighted by Crippen LogP contribution is -2.44. The molecule has 1 saturated heterocycles. The van der Waals surface area contributed by atoms with Crippen molar-refractivity contribution in [3.63, 3.8) is 0 Å². The molecule has 2 heterocycles. The normalized spacial score (nSPS) is 18.6. The van der Waals surface area contributed by atoms with Crippen molar-refractivity contribution in [2.24, 2.45) is 0 Å². The highest BCUT2D eigenvalue weighted by molar-refractivity contribution is 9.10. The second kappa shape index (κ2) is 6.48. The van der Waals surface area contributed by atoms with E-state index in [0.717, 1.165) is 12.8 Å². The van der Waals surface area contributed by atoms with Gasteiger partial charge < -0.3 is 14.6 Å². The quantitative estimate of drug-likeness (QED) is 0.772. The minimum atomic E-state index is -0.565.